The Morgan fingerprint density at radius 3 is 2.44 bits per heavy atom. The number of carbonyl (C=O) groups excluding carboxylic acids is 2. The fourth-order valence-corrected chi connectivity index (χ4v) is 3.03. The average molecular weight is 491 g/mol. The van der Waals surface area contributed by atoms with Crippen LogP contribution in [0.2, 0.25) is 0 Å². The average Bonchev–Trinajstić information content (AvgIpc) is 2.82. The van der Waals surface area contributed by atoms with Gasteiger partial charge in [0, 0.05) is 10.2 Å². The van der Waals surface area contributed by atoms with E-state index in [1.807, 2.05) is 36.4 Å². The van der Waals surface area contributed by atoms with Gasteiger partial charge >= 0.3 is 5.97 Å². The lowest BCUT2D eigenvalue weighted by Crippen LogP contribution is -2.13. The minimum absolute atomic E-state index is 0.0629. The van der Waals surface area contributed by atoms with E-state index in [0.29, 0.717) is 29.2 Å². The Kier molecular flexibility index (Phi) is 7.79. The summed E-state index contributed by atoms with van der Waals surface area (Å²) < 4.78 is 11.5. The molecule has 3 aromatic rings. The van der Waals surface area contributed by atoms with Gasteiger partial charge in [-0.3, -0.25) is 4.79 Å². The minimum Gasteiger partial charge on any atom is -0.489 e. The Morgan fingerprint density at radius 1 is 1.06 bits per heavy atom. The highest BCUT2D eigenvalue weighted by molar-refractivity contribution is 9.10. The molecule has 0 atom stereocenters. The number of ether oxygens (including phenoxy) is 2. The van der Waals surface area contributed by atoms with E-state index in [1.165, 1.54) is 25.3 Å². The smallest absolute Gasteiger partial charge is 0.337 e. The monoisotopic (exact) mass is 490 g/mol. The van der Waals surface area contributed by atoms with Crippen LogP contribution in [0.5, 0.6) is 5.75 Å². The number of methoxy groups -OCH3 is 1. The van der Waals surface area contributed by atoms with Crippen molar-refractivity contribution in [1.82, 2.24) is 0 Å². The molecule has 32 heavy (non-hydrogen) atoms. The Labute approximate surface area is 194 Å². The topological polar surface area (TPSA) is 88.4 Å². The number of nitriles is 1. The molecule has 0 aromatic heterocycles. The third-order valence-electron chi connectivity index (χ3n) is 4.42. The molecule has 0 bridgehead atoms. The van der Waals surface area contributed by atoms with Gasteiger partial charge in [-0.1, -0.05) is 40.2 Å². The molecule has 0 heterocycles. The second-order valence-corrected chi connectivity index (χ2v) is 7.60. The van der Waals surface area contributed by atoms with Crippen LogP contribution in [0.4, 0.5) is 5.69 Å². The number of benzene rings is 3. The maximum Gasteiger partial charge on any atom is 0.337 e. The van der Waals surface area contributed by atoms with Crippen molar-refractivity contribution in [1.29, 1.82) is 5.26 Å². The molecule has 0 spiro atoms. The Balaban J connectivity index is 1.67. The van der Waals surface area contributed by atoms with Crippen LogP contribution >= 0.6 is 15.9 Å². The van der Waals surface area contributed by atoms with Crippen LogP contribution in [0.1, 0.15) is 21.5 Å². The molecule has 1 N–H and O–H groups in total. The Morgan fingerprint density at radius 2 is 1.78 bits per heavy atom. The van der Waals surface area contributed by atoms with Crippen LogP contribution in [0.3, 0.4) is 0 Å². The van der Waals surface area contributed by atoms with Gasteiger partial charge in [0.25, 0.3) is 5.91 Å². The SMILES string of the molecule is COC(=O)c1ccc(NC(=O)/C(C#N)=C\c2cccc(OCc3ccc(Br)cc3)c2)cc1. The zero-order chi connectivity index (χ0) is 22.9. The standard InChI is InChI=1S/C25H19BrN2O4/c1-31-25(30)19-7-11-22(12-8-19)28-24(29)20(15-27)13-18-3-2-4-23(14-18)32-16-17-5-9-21(26)10-6-17/h2-14H,16H2,1H3,(H,28,29)/b20-13-. The first-order chi connectivity index (χ1) is 15.5. The molecule has 7 heteroatoms. The zero-order valence-corrected chi connectivity index (χ0v) is 18.8. The third-order valence-corrected chi connectivity index (χ3v) is 4.95. The van der Waals surface area contributed by atoms with Gasteiger partial charge in [0.1, 0.15) is 24.0 Å². The molecule has 0 saturated heterocycles. The first kappa shape index (κ1) is 22.8. The second-order valence-electron chi connectivity index (χ2n) is 6.68. The third kappa shape index (κ3) is 6.30. The van der Waals surface area contributed by atoms with E-state index in [9.17, 15) is 14.9 Å². The number of amides is 1. The molecule has 6 nitrogen and oxygen atoms in total. The summed E-state index contributed by atoms with van der Waals surface area (Å²) in [6.07, 6.45) is 1.49. The van der Waals surface area contributed by atoms with Crippen molar-refractivity contribution in [3.63, 3.8) is 0 Å². The number of halogens is 1. The zero-order valence-electron chi connectivity index (χ0n) is 17.2. The molecule has 0 fully saturated rings. The summed E-state index contributed by atoms with van der Waals surface area (Å²) >= 11 is 3.40. The fraction of sp³-hybridized carbons (Fsp3) is 0.0800. The molecular formula is C25H19BrN2O4. The highest BCUT2D eigenvalue weighted by atomic mass is 79.9. The summed E-state index contributed by atoms with van der Waals surface area (Å²) in [5.74, 6) is -0.403. The normalized spacial score (nSPS) is 10.7. The molecule has 3 aromatic carbocycles. The predicted octanol–water partition coefficient (Wildman–Crippen LogP) is 5.36. The maximum atomic E-state index is 12.5. The van der Waals surface area contributed by atoms with Gasteiger partial charge in [-0.15, -0.1) is 0 Å². The van der Waals surface area contributed by atoms with Crippen molar-refractivity contribution in [2.24, 2.45) is 0 Å². The number of esters is 1. The summed E-state index contributed by atoms with van der Waals surface area (Å²) in [4.78, 5) is 24.0. The number of hydrogen-bond donors (Lipinski definition) is 1. The van der Waals surface area contributed by atoms with Crippen molar-refractivity contribution in [3.8, 4) is 11.8 Å². The van der Waals surface area contributed by atoms with Crippen LogP contribution in [0.25, 0.3) is 6.08 Å². The largest absolute Gasteiger partial charge is 0.489 e. The number of nitrogens with one attached hydrogen (secondary N) is 1. The molecule has 160 valence electrons. The second kappa shape index (κ2) is 10.9. The molecular weight excluding hydrogens is 472 g/mol. The summed E-state index contributed by atoms with van der Waals surface area (Å²) in [5, 5.41) is 12.1. The lowest BCUT2D eigenvalue weighted by molar-refractivity contribution is -0.112. The van der Waals surface area contributed by atoms with E-state index in [2.05, 4.69) is 26.0 Å². The van der Waals surface area contributed by atoms with E-state index in [-0.39, 0.29) is 5.57 Å². The van der Waals surface area contributed by atoms with Crippen LogP contribution in [0, 0.1) is 11.3 Å². The van der Waals surface area contributed by atoms with Gasteiger partial charge in [-0.2, -0.15) is 5.26 Å². The van der Waals surface area contributed by atoms with Crippen LogP contribution in [0.15, 0.2) is 82.8 Å². The molecule has 0 unspecified atom stereocenters. The Bertz CT molecular complexity index is 1180. The van der Waals surface area contributed by atoms with E-state index in [1.54, 1.807) is 30.3 Å². The lowest BCUT2D eigenvalue weighted by Gasteiger charge is -2.08. The highest BCUT2D eigenvalue weighted by Crippen LogP contribution is 2.19. The minimum atomic E-state index is -0.556. The molecule has 0 aliphatic rings. The predicted molar refractivity (Wildman–Crippen MR) is 125 cm³/mol. The van der Waals surface area contributed by atoms with Crippen LogP contribution in [-0.2, 0) is 16.1 Å². The van der Waals surface area contributed by atoms with Crippen molar-refractivity contribution in [3.05, 3.63) is 99.5 Å². The summed E-state index contributed by atoms with van der Waals surface area (Å²) in [6.45, 7) is 0.396. The highest BCUT2D eigenvalue weighted by Gasteiger charge is 2.11. The summed E-state index contributed by atoms with van der Waals surface area (Å²) in [7, 11) is 1.29. The Hall–Kier alpha value is -3.89. The molecule has 0 saturated carbocycles. The molecule has 0 aliphatic carbocycles. The first-order valence-corrected chi connectivity index (χ1v) is 10.4. The number of carbonyl (C=O) groups is 2. The maximum absolute atomic E-state index is 12.5. The first-order valence-electron chi connectivity index (χ1n) is 9.57. The van der Waals surface area contributed by atoms with E-state index >= 15 is 0 Å². The van der Waals surface area contributed by atoms with Crippen molar-refractivity contribution in [2.45, 2.75) is 6.61 Å². The molecule has 3 rings (SSSR count). The molecule has 1 amide bonds. The van der Waals surface area contributed by atoms with Crippen molar-refractivity contribution in [2.75, 3.05) is 12.4 Å². The number of nitrogens with zero attached hydrogens (tertiary/aromatic N) is 1. The van der Waals surface area contributed by atoms with E-state index in [4.69, 9.17) is 4.74 Å². The van der Waals surface area contributed by atoms with Gasteiger partial charge in [0.15, 0.2) is 0 Å². The van der Waals surface area contributed by atoms with Gasteiger partial charge in [-0.05, 0) is 65.7 Å². The number of hydrogen-bond acceptors (Lipinski definition) is 5. The molecule has 0 aliphatic heterocycles. The quantitative estimate of drug-likeness (QED) is 0.273. The van der Waals surface area contributed by atoms with Gasteiger partial charge in [0.05, 0.1) is 12.7 Å². The summed E-state index contributed by atoms with van der Waals surface area (Å²) in [6, 6.07) is 23.1. The van der Waals surface area contributed by atoms with Gasteiger partial charge < -0.3 is 14.8 Å². The van der Waals surface area contributed by atoms with E-state index in [0.717, 1.165) is 10.0 Å². The number of anilines is 1. The van der Waals surface area contributed by atoms with Crippen molar-refractivity contribution < 1.29 is 19.1 Å². The number of rotatable bonds is 7. The van der Waals surface area contributed by atoms with Gasteiger partial charge in [-0.25, -0.2) is 4.79 Å². The van der Waals surface area contributed by atoms with Crippen LogP contribution in [-0.4, -0.2) is 19.0 Å². The fourth-order valence-electron chi connectivity index (χ4n) is 2.76. The van der Waals surface area contributed by atoms with E-state index < -0.39 is 11.9 Å². The lowest BCUT2D eigenvalue weighted by atomic mass is 10.1. The molecule has 0 radical (unpaired) electrons. The van der Waals surface area contributed by atoms with Crippen LogP contribution < -0.4 is 10.1 Å². The van der Waals surface area contributed by atoms with Gasteiger partial charge in [0.2, 0.25) is 0 Å². The van der Waals surface area contributed by atoms with Crippen molar-refractivity contribution >= 4 is 39.6 Å². The summed E-state index contributed by atoms with van der Waals surface area (Å²) in [5.41, 5.74) is 2.43.